The van der Waals surface area contributed by atoms with Gasteiger partial charge in [-0.15, -0.1) is 5.10 Å². The topological polar surface area (TPSA) is 115 Å². The van der Waals surface area contributed by atoms with Crippen molar-refractivity contribution in [3.8, 4) is 5.88 Å². The van der Waals surface area contributed by atoms with Gasteiger partial charge in [-0.05, 0) is 34.2 Å². The Kier molecular flexibility index (Phi) is 3.86. The van der Waals surface area contributed by atoms with Gasteiger partial charge in [-0.1, -0.05) is 20.8 Å². The SMILES string of the molecule is CC(C)(C)Cn1c(=O)c(C(=O)NC2CC2)c(O)n2nc(N)c(Br)c12. The number of amides is 1. The van der Waals surface area contributed by atoms with Crippen molar-refractivity contribution in [3.63, 3.8) is 0 Å². The Morgan fingerprint density at radius 3 is 2.62 bits per heavy atom. The number of aromatic nitrogens is 3. The van der Waals surface area contributed by atoms with Gasteiger partial charge in [0.05, 0.1) is 0 Å². The van der Waals surface area contributed by atoms with E-state index < -0.39 is 17.3 Å². The highest BCUT2D eigenvalue weighted by Gasteiger charge is 2.31. The average Bonchev–Trinajstić information content (AvgIpc) is 3.20. The van der Waals surface area contributed by atoms with E-state index in [0.29, 0.717) is 16.7 Å². The van der Waals surface area contributed by atoms with Gasteiger partial charge in [0.2, 0.25) is 5.88 Å². The van der Waals surface area contributed by atoms with Gasteiger partial charge < -0.3 is 16.2 Å². The van der Waals surface area contributed by atoms with Crippen molar-refractivity contribution >= 4 is 33.3 Å². The van der Waals surface area contributed by atoms with Crippen LogP contribution in [-0.2, 0) is 6.54 Å². The molecule has 0 radical (unpaired) electrons. The Hall–Kier alpha value is -2.03. The fraction of sp³-hybridized carbons (Fsp3) is 0.533. The molecule has 0 atom stereocenters. The molecular weight excluding hydrogens is 378 g/mol. The van der Waals surface area contributed by atoms with Gasteiger partial charge in [0.25, 0.3) is 11.5 Å². The minimum absolute atomic E-state index is 0.0671. The van der Waals surface area contributed by atoms with Crippen LogP contribution < -0.4 is 16.6 Å². The summed E-state index contributed by atoms with van der Waals surface area (Å²) >= 11 is 3.31. The highest BCUT2D eigenvalue weighted by atomic mass is 79.9. The number of nitrogens with two attached hydrogens (primary N) is 1. The van der Waals surface area contributed by atoms with Gasteiger partial charge in [-0.2, -0.15) is 4.52 Å². The summed E-state index contributed by atoms with van der Waals surface area (Å²) in [7, 11) is 0. The predicted octanol–water partition coefficient (Wildman–Crippen LogP) is 1.48. The van der Waals surface area contributed by atoms with E-state index in [1.54, 1.807) is 0 Å². The molecule has 1 fully saturated rings. The molecule has 24 heavy (non-hydrogen) atoms. The second kappa shape index (κ2) is 5.51. The van der Waals surface area contributed by atoms with Gasteiger partial charge in [-0.25, -0.2) is 0 Å². The van der Waals surface area contributed by atoms with Gasteiger partial charge in [0.15, 0.2) is 17.0 Å². The minimum Gasteiger partial charge on any atom is -0.492 e. The lowest BCUT2D eigenvalue weighted by molar-refractivity contribution is 0.0944. The zero-order valence-electron chi connectivity index (χ0n) is 13.8. The normalized spacial score (nSPS) is 15.0. The van der Waals surface area contributed by atoms with Crippen LogP contribution in [0, 0.1) is 5.41 Å². The molecule has 8 nitrogen and oxygen atoms in total. The van der Waals surface area contributed by atoms with Crippen molar-refractivity contribution in [2.45, 2.75) is 46.2 Å². The number of aromatic hydroxyl groups is 1. The van der Waals surface area contributed by atoms with E-state index in [1.165, 1.54) is 4.57 Å². The van der Waals surface area contributed by atoms with Crippen LogP contribution in [0.5, 0.6) is 5.88 Å². The molecule has 2 aromatic rings. The molecule has 1 saturated carbocycles. The fourth-order valence-corrected chi connectivity index (χ4v) is 2.99. The summed E-state index contributed by atoms with van der Waals surface area (Å²) in [6.07, 6.45) is 1.76. The van der Waals surface area contributed by atoms with Gasteiger partial charge >= 0.3 is 0 Å². The molecule has 2 heterocycles. The van der Waals surface area contributed by atoms with E-state index in [9.17, 15) is 14.7 Å². The van der Waals surface area contributed by atoms with Crippen LogP contribution in [0.25, 0.3) is 5.65 Å². The monoisotopic (exact) mass is 397 g/mol. The second-order valence-electron chi connectivity index (χ2n) is 7.33. The molecule has 3 rings (SSSR count). The number of halogens is 1. The summed E-state index contributed by atoms with van der Waals surface area (Å²) in [6.45, 7) is 6.25. The van der Waals surface area contributed by atoms with Crippen molar-refractivity contribution in [2.24, 2.45) is 5.41 Å². The zero-order chi connectivity index (χ0) is 17.8. The van der Waals surface area contributed by atoms with E-state index in [1.807, 2.05) is 20.8 Å². The molecule has 4 N–H and O–H groups in total. The van der Waals surface area contributed by atoms with Crippen LogP contribution in [0.1, 0.15) is 44.0 Å². The first-order valence-electron chi connectivity index (χ1n) is 7.70. The third kappa shape index (κ3) is 2.88. The highest BCUT2D eigenvalue weighted by molar-refractivity contribution is 9.10. The molecule has 0 bridgehead atoms. The molecule has 0 aliphatic heterocycles. The zero-order valence-corrected chi connectivity index (χ0v) is 15.3. The number of carbonyl (C=O) groups is 1. The lowest BCUT2D eigenvalue weighted by atomic mass is 9.97. The Morgan fingerprint density at radius 2 is 2.08 bits per heavy atom. The lowest BCUT2D eigenvalue weighted by Gasteiger charge is -2.21. The number of nitrogen functional groups attached to an aromatic ring is 1. The minimum atomic E-state index is -0.588. The van der Waals surface area contributed by atoms with Gasteiger partial charge in [0, 0.05) is 12.6 Å². The summed E-state index contributed by atoms with van der Waals surface area (Å²) in [5.41, 5.74) is 5.04. The summed E-state index contributed by atoms with van der Waals surface area (Å²) in [5, 5.41) is 17.2. The van der Waals surface area contributed by atoms with Crippen LogP contribution in [0.15, 0.2) is 9.27 Å². The number of rotatable bonds is 3. The highest BCUT2D eigenvalue weighted by Crippen LogP contribution is 2.30. The number of nitrogens with one attached hydrogen (secondary N) is 1. The van der Waals surface area contributed by atoms with Crippen molar-refractivity contribution in [1.29, 1.82) is 0 Å². The Labute approximate surface area is 146 Å². The summed E-state index contributed by atoms with van der Waals surface area (Å²) in [5.74, 6) is -0.961. The number of anilines is 1. The van der Waals surface area contributed by atoms with Crippen LogP contribution in [0.3, 0.4) is 0 Å². The predicted molar refractivity (Wildman–Crippen MR) is 93.2 cm³/mol. The first-order chi connectivity index (χ1) is 11.1. The molecule has 2 aromatic heterocycles. The molecule has 0 unspecified atom stereocenters. The van der Waals surface area contributed by atoms with E-state index in [2.05, 4.69) is 26.3 Å². The van der Waals surface area contributed by atoms with E-state index in [0.717, 1.165) is 17.4 Å². The standard InChI is InChI=1S/C15H20BrN5O3/c1-15(2,3)6-20-12-9(16)10(17)19-21(12)14(24)8(13(20)23)11(22)18-7-4-5-7/h7,24H,4-6H2,1-3H3,(H2,17,19)(H,18,22). The van der Waals surface area contributed by atoms with E-state index >= 15 is 0 Å². The van der Waals surface area contributed by atoms with Crippen molar-refractivity contribution < 1.29 is 9.90 Å². The number of carbonyl (C=O) groups excluding carboxylic acids is 1. The maximum absolute atomic E-state index is 12.9. The van der Waals surface area contributed by atoms with Crippen LogP contribution >= 0.6 is 15.9 Å². The lowest BCUT2D eigenvalue weighted by Crippen LogP contribution is -2.37. The number of fused-ring (bicyclic) bond motifs is 1. The van der Waals surface area contributed by atoms with E-state index in [-0.39, 0.29) is 22.8 Å². The number of hydrogen-bond donors (Lipinski definition) is 3. The van der Waals surface area contributed by atoms with Crippen molar-refractivity contribution in [2.75, 3.05) is 5.73 Å². The molecule has 9 heteroatoms. The van der Waals surface area contributed by atoms with Gasteiger partial charge in [-0.3, -0.25) is 14.2 Å². The number of hydrogen-bond acceptors (Lipinski definition) is 5. The molecular formula is C15H20BrN5O3. The molecule has 1 amide bonds. The van der Waals surface area contributed by atoms with Crippen molar-refractivity contribution in [1.82, 2.24) is 19.5 Å². The smallest absolute Gasteiger partial charge is 0.270 e. The first kappa shape index (κ1) is 16.8. The van der Waals surface area contributed by atoms with Crippen LogP contribution in [0.4, 0.5) is 5.82 Å². The first-order valence-corrected chi connectivity index (χ1v) is 8.50. The quantitative estimate of drug-likeness (QED) is 0.725. The van der Waals surface area contributed by atoms with Crippen molar-refractivity contribution in [3.05, 3.63) is 20.4 Å². The maximum atomic E-state index is 12.9. The molecule has 1 aliphatic rings. The summed E-state index contributed by atoms with van der Waals surface area (Å²) in [4.78, 5) is 25.3. The maximum Gasteiger partial charge on any atom is 0.270 e. The van der Waals surface area contributed by atoms with E-state index in [4.69, 9.17) is 5.73 Å². The Morgan fingerprint density at radius 1 is 1.46 bits per heavy atom. The third-order valence-electron chi connectivity index (χ3n) is 3.74. The Balaban J connectivity index is 2.29. The Bertz CT molecular complexity index is 889. The molecule has 0 aromatic carbocycles. The third-order valence-corrected chi connectivity index (χ3v) is 4.50. The van der Waals surface area contributed by atoms with Crippen LogP contribution in [-0.4, -0.2) is 31.2 Å². The molecule has 0 spiro atoms. The molecule has 130 valence electrons. The fourth-order valence-electron chi connectivity index (χ4n) is 2.52. The molecule has 1 aliphatic carbocycles. The summed E-state index contributed by atoms with van der Waals surface area (Å²) in [6, 6.07) is 0.0671. The molecule has 0 saturated heterocycles. The largest absolute Gasteiger partial charge is 0.492 e. The second-order valence-corrected chi connectivity index (χ2v) is 8.13. The van der Waals surface area contributed by atoms with Crippen LogP contribution in [0.2, 0.25) is 0 Å². The number of nitrogens with zero attached hydrogens (tertiary/aromatic N) is 3. The van der Waals surface area contributed by atoms with Gasteiger partial charge in [0.1, 0.15) is 4.47 Å². The average molecular weight is 398 g/mol. The summed E-state index contributed by atoms with van der Waals surface area (Å²) < 4.78 is 2.97.